The van der Waals surface area contributed by atoms with Crippen molar-refractivity contribution in [1.29, 1.82) is 0 Å². The molecule has 2 aromatic carbocycles. The molecular formula is C22H27Cl2F3. The molecule has 0 atom stereocenters. The van der Waals surface area contributed by atoms with Gasteiger partial charge >= 0.3 is 6.18 Å². The van der Waals surface area contributed by atoms with E-state index in [4.69, 9.17) is 23.2 Å². The largest absolute Gasteiger partial charge is 0.416 e. The minimum atomic E-state index is -4.23. The number of hydrogen-bond acceptors (Lipinski definition) is 0. The molecule has 0 fully saturated rings. The van der Waals surface area contributed by atoms with Gasteiger partial charge in [0.15, 0.2) is 0 Å². The van der Waals surface area contributed by atoms with Crippen molar-refractivity contribution >= 4 is 23.2 Å². The lowest BCUT2D eigenvalue weighted by Crippen LogP contribution is -2.06. The minimum Gasteiger partial charge on any atom is -0.166 e. The summed E-state index contributed by atoms with van der Waals surface area (Å²) in [6, 6.07) is 9.82. The molecule has 0 heterocycles. The zero-order valence-electron chi connectivity index (χ0n) is 16.3. The summed E-state index contributed by atoms with van der Waals surface area (Å²) in [4.78, 5) is 0. The zero-order chi connectivity index (χ0) is 20.6. The third-order valence-electron chi connectivity index (χ3n) is 4.29. The molecule has 0 aliphatic heterocycles. The summed E-state index contributed by atoms with van der Waals surface area (Å²) in [5.41, 5.74) is 2.51. The summed E-state index contributed by atoms with van der Waals surface area (Å²) in [5, 5.41) is 1.29. The summed E-state index contributed by atoms with van der Waals surface area (Å²) in [5.74, 6) is 0.731. The van der Waals surface area contributed by atoms with E-state index >= 15 is 0 Å². The van der Waals surface area contributed by atoms with Crippen LogP contribution >= 0.6 is 23.2 Å². The van der Waals surface area contributed by atoms with Gasteiger partial charge in [-0.05, 0) is 72.6 Å². The lowest BCUT2D eigenvalue weighted by molar-refractivity contribution is -0.137. The van der Waals surface area contributed by atoms with Crippen LogP contribution in [0.5, 0.6) is 0 Å². The van der Waals surface area contributed by atoms with Crippen LogP contribution in [0.1, 0.15) is 56.4 Å². The Morgan fingerprint density at radius 2 is 1.48 bits per heavy atom. The zero-order valence-corrected chi connectivity index (χ0v) is 17.8. The van der Waals surface area contributed by atoms with E-state index in [0.717, 1.165) is 36.0 Å². The molecular weight excluding hydrogens is 392 g/mol. The molecule has 0 unspecified atom stereocenters. The Balaban J connectivity index is 0.000000271. The standard InChI is InChI=1S/C11H14Cl2.C11H13F3/c1-8(2)3-4-9-5-6-10(12)11(13)7-9;1-3-8-5-6-10(11(12,13)14)7-9(8)4-2/h5-8H,3-4H2,1-2H3;5-7H,3-4H2,1-2H3. The van der Waals surface area contributed by atoms with Gasteiger partial charge in [-0.25, -0.2) is 0 Å². The predicted octanol–water partition coefficient (Wildman–Crippen LogP) is 8.41. The molecule has 0 spiro atoms. The highest BCUT2D eigenvalue weighted by atomic mass is 35.5. The second-order valence-corrected chi connectivity index (χ2v) is 7.68. The Morgan fingerprint density at radius 1 is 0.852 bits per heavy atom. The Kier molecular flexibility index (Phi) is 9.69. The second-order valence-electron chi connectivity index (χ2n) is 6.87. The van der Waals surface area contributed by atoms with Crippen molar-refractivity contribution in [3.63, 3.8) is 0 Å². The van der Waals surface area contributed by atoms with Gasteiger partial charge in [-0.3, -0.25) is 0 Å². The lowest BCUT2D eigenvalue weighted by Gasteiger charge is -2.11. The number of benzene rings is 2. The average Bonchev–Trinajstić information content (AvgIpc) is 2.61. The van der Waals surface area contributed by atoms with Crippen LogP contribution in [0.4, 0.5) is 13.2 Å². The van der Waals surface area contributed by atoms with Crippen molar-refractivity contribution in [2.75, 3.05) is 0 Å². The van der Waals surface area contributed by atoms with E-state index in [0.29, 0.717) is 16.5 Å². The maximum absolute atomic E-state index is 12.3. The van der Waals surface area contributed by atoms with Gasteiger partial charge in [0.05, 0.1) is 15.6 Å². The molecule has 150 valence electrons. The van der Waals surface area contributed by atoms with Gasteiger partial charge in [0.1, 0.15) is 0 Å². The van der Waals surface area contributed by atoms with Gasteiger partial charge in [-0.2, -0.15) is 13.2 Å². The normalized spacial score (nSPS) is 11.3. The quantitative estimate of drug-likeness (QED) is 0.456. The summed E-state index contributed by atoms with van der Waals surface area (Å²) in [6.45, 7) is 8.26. The molecule has 0 amide bonds. The maximum atomic E-state index is 12.3. The van der Waals surface area contributed by atoms with Crippen LogP contribution in [0.25, 0.3) is 0 Å². The number of rotatable bonds is 5. The van der Waals surface area contributed by atoms with Crippen molar-refractivity contribution in [2.24, 2.45) is 5.92 Å². The Hall–Kier alpha value is -1.19. The van der Waals surface area contributed by atoms with Crippen LogP contribution < -0.4 is 0 Å². The fourth-order valence-corrected chi connectivity index (χ4v) is 2.95. The van der Waals surface area contributed by atoms with Gasteiger partial charge in [0, 0.05) is 0 Å². The maximum Gasteiger partial charge on any atom is 0.416 e. The van der Waals surface area contributed by atoms with Gasteiger partial charge in [0.2, 0.25) is 0 Å². The molecule has 2 aromatic rings. The minimum absolute atomic E-state index is 0.549. The van der Waals surface area contributed by atoms with Crippen LogP contribution in [0, 0.1) is 5.92 Å². The fourth-order valence-electron chi connectivity index (χ4n) is 2.63. The molecule has 0 saturated heterocycles. The molecule has 0 nitrogen and oxygen atoms in total. The van der Waals surface area contributed by atoms with E-state index in [-0.39, 0.29) is 0 Å². The molecule has 27 heavy (non-hydrogen) atoms. The van der Waals surface area contributed by atoms with Crippen LogP contribution in [0.3, 0.4) is 0 Å². The smallest absolute Gasteiger partial charge is 0.166 e. The Bertz CT molecular complexity index is 722. The van der Waals surface area contributed by atoms with E-state index in [1.807, 2.05) is 32.0 Å². The molecule has 0 aliphatic rings. The van der Waals surface area contributed by atoms with Crippen molar-refractivity contribution in [2.45, 2.75) is 59.6 Å². The number of hydrogen-bond donors (Lipinski definition) is 0. The van der Waals surface area contributed by atoms with Crippen LogP contribution in [-0.4, -0.2) is 0 Å². The third kappa shape index (κ3) is 8.15. The summed E-state index contributed by atoms with van der Waals surface area (Å²) in [6.07, 6.45) is -0.531. The first-order valence-corrected chi connectivity index (χ1v) is 9.96. The summed E-state index contributed by atoms with van der Waals surface area (Å²) < 4.78 is 37.0. The first-order chi connectivity index (χ1) is 12.6. The highest BCUT2D eigenvalue weighted by Crippen LogP contribution is 2.30. The third-order valence-corrected chi connectivity index (χ3v) is 5.03. The molecule has 0 radical (unpaired) electrons. The van der Waals surface area contributed by atoms with E-state index < -0.39 is 11.7 Å². The predicted molar refractivity (Wildman–Crippen MR) is 110 cm³/mol. The highest BCUT2D eigenvalue weighted by molar-refractivity contribution is 6.42. The highest BCUT2D eigenvalue weighted by Gasteiger charge is 2.30. The van der Waals surface area contributed by atoms with E-state index in [1.54, 1.807) is 6.07 Å². The molecule has 0 bridgehead atoms. The lowest BCUT2D eigenvalue weighted by atomic mass is 10.00. The topological polar surface area (TPSA) is 0 Å². The SMILES string of the molecule is CC(C)CCc1ccc(Cl)c(Cl)c1.CCc1ccc(C(F)(F)F)cc1CC. The molecule has 0 N–H and O–H groups in total. The monoisotopic (exact) mass is 418 g/mol. The molecule has 0 aromatic heterocycles. The summed E-state index contributed by atoms with van der Waals surface area (Å²) in [7, 11) is 0. The van der Waals surface area contributed by atoms with Crippen molar-refractivity contribution in [3.8, 4) is 0 Å². The number of aryl methyl sites for hydroxylation is 3. The summed E-state index contributed by atoms with van der Waals surface area (Å²) >= 11 is 11.7. The Morgan fingerprint density at radius 3 is 1.96 bits per heavy atom. The van der Waals surface area contributed by atoms with Crippen molar-refractivity contribution in [3.05, 3.63) is 68.7 Å². The van der Waals surface area contributed by atoms with Crippen molar-refractivity contribution in [1.82, 2.24) is 0 Å². The Labute approximate surface area is 170 Å². The van der Waals surface area contributed by atoms with E-state index in [2.05, 4.69) is 13.8 Å². The van der Waals surface area contributed by atoms with Gasteiger partial charge < -0.3 is 0 Å². The number of alkyl halides is 3. The fraction of sp³-hybridized carbons (Fsp3) is 0.455. The van der Waals surface area contributed by atoms with Gasteiger partial charge in [-0.15, -0.1) is 0 Å². The number of halogens is 5. The first-order valence-electron chi connectivity index (χ1n) is 9.21. The van der Waals surface area contributed by atoms with E-state index in [1.165, 1.54) is 18.1 Å². The van der Waals surface area contributed by atoms with Gasteiger partial charge in [0.25, 0.3) is 0 Å². The average molecular weight is 419 g/mol. The van der Waals surface area contributed by atoms with Crippen molar-refractivity contribution < 1.29 is 13.2 Å². The second kappa shape index (κ2) is 11.0. The van der Waals surface area contributed by atoms with Crippen LogP contribution in [0.2, 0.25) is 10.0 Å². The van der Waals surface area contributed by atoms with Crippen LogP contribution in [-0.2, 0) is 25.4 Å². The van der Waals surface area contributed by atoms with Crippen LogP contribution in [0.15, 0.2) is 36.4 Å². The molecule has 0 saturated carbocycles. The van der Waals surface area contributed by atoms with E-state index in [9.17, 15) is 13.2 Å². The molecule has 5 heteroatoms. The molecule has 2 rings (SSSR count). The molecule has 0 aliphatic carbocycles. The first kappa shape index (κ1) is 23.8. The van der Waals surface area contributed by atoms with Gasteiger partial charge in [-0.1, -0.05) is 63.0 Å².